The molecule has 0 unspecified atom stereocenters. The maximum Gasteiger partial charge on any atom is 0.262 e. The smallest absolute Gasteiger partial charge is 0.262 e. The number of ether oxygens (including phenoxy) is 1. The van der Waals surface area contributed by atoms with Crippen molar-refractivity contribution in [1.29, 1.82) is 5.26 Å². The quantitative estimate of drug-likeness (QED) is 0.565. The van der Waals surface area contributed by atoms with Crippen molar-refractivity contribution < 1.29 is 4.74 Å². The molecule has 1 aliphatic rings. The zero-order valence-corrected chi connectivity index (χ0v) is 16.9. The minimum Gasteiger partial charge on any atom is -0.378 e. The molecule has 3 heterocycles. The first kappa shape index (κ1) is 19.4. The van der Waals surface area contributed by atoms with Crippen LogP contribution in [0.2, 0.25) is 0 Å². The van der Waals surface area contributed by atoms with Crippen molar-refractivity contribution in [2.24, 2.45) is 0 Å². The molecule has 1 aromatic carbocycles. The average Bonchev–Trinajstić information content (AvgIpc) is 3.18. The lowest BCUT2D eigenvalue weighted by Gasteiger charge is -2.27. The Hall–Kier alpha value is -2.90. The Kier molecular flexibility index (Phi) is 5.78. The number of anilines is 1. The van der Waals surface area contributed by atoms with Crippen LogP contribution in [0.25, 0.3) is 10.9 Å². The van der Waals surface area contributed by atoms with Gasteiger partial charge in [-0.3, -0.25) is 13.9 Å². The van der Waals surface area contributed by atoms with E-state index >= 15 is 0 Å². The normalized spacial score (nSPS) is 14.3. The molecule has 1 fully saturated rings. The van der Waals surface area contributed by atoms with E-state index < -0.39 is 0 Å². The van der Waals surface area contributed by atoms with Gasteiger partial charge in [0.05, 0.1) is 35.9 Å². The highest BCUT2D eigenvalue weighted by Gasteiger charge is 2.20. The van der Waals surface area contributed by atoms with E-state index in [-0.39, 0.29) is 12.1 Å². The predicted molar refractivity (Wildman–Crippen MR) is 110 cm³/mol. The fraction of sp³-hybridized carbons (Fsp3) is 0.421. The second kappa shape index (κ2) is 8.63. The summed E-state index contributed by atoms with van der Waals surface area (Å²) < 4.78 is 8.91. The SMILES string of the molecule is CCn1c(SCc2nc3ccccc3c(=O)n2CC#N)nnc1N1CCOCC1. The zero-order valence-electron chi connectivity index (χ0n) is 16.1. The van der Waals surface area contributed by atoms with Crippen molar-refractivity contribution in [3.05, 3.63) is 40.4 Å². The molecular weight excluding hydrogens is 390 g/mol. The minimum atomic E-state index is -0.196. The Labute approximate surface area is 171 Å². The highest BCUT2D eigenvalue weighted by molar-refractivity contribution is 7.98. The van der Waals surface area contributed by atoms with E-state index in [1.807, 2.05) is 12.1 Å². The summed E-state index contributed by atoms with van der Waals surface area (Å²) in [6, 6.07) is 9.25. The van der Waals surface area contributed by atoms with Gasteiger partial charge in [-0.15, -0.1) is 10.2 Å². The number of hydrogen-bond donors (Lipinski definition) is 0. The Balaban J connectivity index is 1.63. The molecule has 1 aliphatic heterocycles. The molecular formula is C19H21N7O2S. The van der Waals surface area contributed by atoms with Crippen LogP contribution in [0.1, 0.15) is 12.7 Å². The molecule has 0 spiro atoms. The maximum atomic E-state index is 12.8. The fourth-order valence-electron chi connectivity index (χ4n) is 3.35. The molecule has 4 rings (SSSR count). The Morgan fingerprint density at radius 2 is 2.00 bits per heavy atom. The molecule has 1 saturated heterocycles. The van der Waals surface area contributed by atoms with Gasteiger partial charge >= 0.3 is 0 Å². The van der Waals surface area contributed by atoms with Crippen LogP contribution in [-0.4, -0.2) is 50.6 Å². The lowest BCUT2D eigenvalue weighted by Crippen LogP contribution is -2.38. The Morgan fingerprint density at radius 3 is 2.76 bits per heavy atom. The molecule has 0 radical (unpaired) electrons. The van der Waals surface area contributed by atoms with Crippen molar-refractivity contribution in [2.75, 3.05) is 31.2 Å². The molecule has 9 nitrogen and oxygen atoms in total. The fourth-order valence-corrected chi connectivity index (χ4v) is 4.29. The molecule has 0 atom stereocenters. The number of aromatic nitrogens is 5. The molecule has 0 bridgehead atoms. The Morgan fingerprint density at radius 1 is 1.21 bits per heavy atom. The van der Waals surface area contributed by atoms with Gasteiger partial charge in [-0.2, -0.15) is 5.26 Å². The maximum absolute atomic E-state index is 12.8. The molecule has 0 N–H and O–H groups in total. The largest absolute Gasteiger partial charge is 0.378 e. The van der Waals surface area contributed by atoms with E-state index in [9.17, 15) is 4.79 Å². The number of rotatable bonds is 6. The summed E-state index contributed by atoms with van der Waals surface area (Å²) in [5, 5.41) is 19.2. The first-order valence-electron chi connectivity index (χ1n) is 9.47. The topological polar surface area (TPSA) is 102 Å². The van der Waals surface area contributed by atoms with Crippen LogP contribution >= 0.6 is 11.8 Å². The second-order valence-electron chi connectivity index (χ2n) is 6.51. The molecule has 3 aromatic rings. The number of morpholine rings is 1. The van der Waals surface area contributed by atoms with Crippen LogP contribution in [0.3, 0.4) is 0 Å². The Bertz CT molecular complexity index is 1110. The average molecular weight is 411 g/mol. The van der Waals surface area contributed by atoms with Gasteiger partial charge < -0.3 is 9.64 Å². The standard InChI is InChI=1S/C19H21N7O2S/c1-2-25-18(24-9-11-28-12-10-24)22-23-19(25)29-13-16-21-15-6-4-3-5-14(15)17(27)26(16)8-7-20/h3-6H,2,8-13H2,1H3. The van der Waals surface area contributed by atoms with E-state index in [1.165, 1.54) is 16.3 Å². The minimum absolute atomic E-state index is 0.0357. The third-order valence-corrected chi connectivity index (χ3v) is 5.77. The number of fused-ring (bicyclic) bond motifs is 1. The van der Waals surface area contributed by atoms with Crippen molar-refractivity contribution in [1.82, 2.24) is 24.3 Å². The van der Waals surface area contributed by atoms with E-state index in [0.29, 0.717) is 35.7 Å². The van der Waals surface area contributed by atoms with Gasteiger partial charge in [-0.25, -0.2) is 4.98 Å². The van der Waals surface area contributed by atoms with Crippen LogP contribution < -0.4 is 10.5 Å². The number of nitriles is 1. The lowest BCUT2D eigenvalue weighted by molar-refractivity contribution is 0.121. The second-order valence-corrected chi connectivity index (χ2v) is 7.45. The van der Waals surface area contributed by atoms with Gasteiger partial charge in [0, 0.05) is 19.6 Å². The monoisotopic (exact) mass is 411 g/mol. The van der Waals surface area contributed by atoms with Gasteiger partial charge in [0.25, 0.3) is 5.56 Å². The summed E-state index contributed by atoms with van der Waals surface area (Å²) in [4.78, 5) is 19.6. The van der Waals surface area contributed by atoms with Gasteiger partial charge in [0.2, 0.25) is 5.95 Å². The summed E-state index contributed by atoms with van der Waals surface area (Å²) in [6.07, 6.45) is 0. The zero-order chi connectivity index (χ0) is 20.2. The van der Waals surface area contributed by atoms with Gasteiger partial charge in [-0.1, -0.05) is 23.9 Å². The summed E-state index contributed by atoms with van der Waals surface area (Å²) in [7, 11) is 0. The van der Waals surface area contributed by atoms with Crippen LogP contribution in [0.5, 0.6) is 0 Å². The van der Waals surface area contributed by atoms with Crippen molar-refractivity contribution in [3.8, 4) is 6.07 Å². The van der Waals surface area contributed by atoms with Gasteiger partial charge in [-0.05, 0) is 19.1 Å². The molecule has 2 aromatic heterocycles. The number of hydrogen-bond acceptors (Lipinski definition) is 8. The third kappa shape index (κ3) is 3.83. The van der Waals surface area contributed by atoms with Crippen LogP contribution in [0.4, 0.5) is 5.95 Å². The van der Waals surface area contributed by atoms with Crippen molar-refractivity contribution >= 4 is 28.6 Å². The number of nitrogens with zero attached hydrogens (tertiary/aromatic N) is 7. The number of benzene rings is 1. The summed E-state index contributed by atoms with van der Waals surface area (Å²) in [6.45, 7) is 5.69. The van der Waals surface area contributed by atoms with Gasteiger partial charge in [0.1, 0.15) is 12.4 Å². The lowest BCUT2D eigenvalue weighted by atomic mass is 10.2. The van der Waals surface area contributed by atoms with E-state index in [0.717, 1.165) is 30.7 Å². The number of thioether (sulfide) groups is 1. The number of para-hydroxylation sites is 1. The first-order valence-corrected chi connectivity index (χ1v) is 10.5. The summed E-state index contributed by atoms with van der Waals surface area (Å²) in [5.41, 5.74) is 0.437. The van der Waals surface area contributed by atoms with Crippen LogP contribution in [0, 0.1) is 11.3 Å². The highest BCUT2D eigenvalue weighted by atomic mass is 32.2. The van der Waals surface area contributed by atoms with E-state index in [1.54, 1.807) is 12.1 Å². The highest BCUT2D eigenvalue weighted by Crippen LogP contribution is 2.25. The van der Waals surface area contributed by atoms with Crippen molar-refractivity contribution in [2.45, 2.75) is 30.9 Å². The van der Waals surface area contributed by atoms with Crippen molar-refractivity contribution in [3.63, 3.8) is 0 Å². The predicted octanol–water partition coefficient (Wildman–Crippen LogP) is 1.66. The molecule has 0 amide bonds. The molecule has 0 saturated carbocycles. The summed E-state index contributed by atoms with van der Waals surface area (Å²) in [5.74, 6) is 1.81. The molecule has 29 heavy (non-hydrogen) atoms. The molecule has 150 valence electrons. The van der Waals surface area contributed by atoms with Crippen LogP contribution in [-0.2, 0) is 23.6 Å². The van der Waals surface area contributed by atoms with Gasteiger partial charge in [0.15, 0.2) is 5.16 Å². The first-order chi connectivity index (χ1) is 14.2. The van der Waals surface area contributed by atoms with Crippen LogP contribution in [0.15, 0.2) is 34.2 Å². The molecule has 0 aliphatic carbocycles. The van der Waals surface area contributed by atoms with E-state index in [4.69, 9.17) is 10.00 Å². The third-order valence-electron chi connectivity index (χ3n) is 4.81. The van der Waals surface area contributed by atoms with E-state index in [2.05, 4.69) is 37.6 Å². The summed E-state index contributed by atoms with van der Waals surface area (Å²) >= 11 is 1.47. The molecule has 10 heteroatoms.